The van der Waals surface area contributed by atoms with Crippen molar-refractivity contribution in [1.82, 2.24) is 0 Å². The number of thiophene rings is 1. The van der Waals surface area contributed by atoms with Gasteiger partial charge in [-0.3, -0.25) is 13.7 Å². The first-order chi connectivity index (χ1) is 9.41. The maximum absolute atomic E-state index is 12.0. The Morgan fingerprint density at radius 3 is 2.40 bits per heavy atom. The second kappa shape index (κ2) is 7.54. The number of carboxylic acids is 1. The van der Waals surface area contributed by atoms with Crippen LogP contribution in [0.2, 0.25) is 0 Å². The van der Waals surface area contributed by atoms with Crippen molar-refractivity contribution in [2.24, 2.45) is 5.16 Å². The number of carboxylic acid groups (broad SMARTS) is 1. The smallest absolute Gasteiger partial charge is 0.476 e. The standard InChI is InChI=1S/C11H16NO6PS/c1-4-16-19(15,17-5-2)18-12-10(11(13)14)9-6-8(3)7-20-9/h6-7H,4-5H2,1-3H3,(H,13,14). The molecule has 0 aromatic carbocycles. The monoisotopic (exact) mass is 321 g/mol. The van der Waals surface area contributed by atoms with Gasteiger partial charge in [0.1, 0.15) is 0 Å². The second-order valence-corrected chi connectivity index (χ2v) is 6.08. The summed E-state index contributed by atoms with van der Waals surface area (Å²) >= 11 is 1.20. The molecule has 20 heavy (non-hydrogen) atoms. The van der Waals surface area contributed by atoms with Gasteiger partial charge in [0.05, 0.1) is 18.1 Å². The molecule has 0 amide bonds. The molecule has 9 heteroatoms. The van der Waals surface area contributed by atoms with E-state index < -0.39 is 13.8 Å². The molecular formula is C11H16NO6PS. The minimum atomic E-state index is -3.87. The van der Waals surface area contributed by atoms with Crippen LogP contribution in [0, 0.1) is 6.92 Å². The lowest BCUT2D eigenvalue weighted by molar-refractivity contribution is -0.129. The van der Waals surface area contributed by atoms with Crippen molar-refractivity contribution in [3.05, 3.63) is 21.9 Å². The summed E-state index contributed by atoms with van der Waals surface area (Å²) in [5.41, 5.74) is 0.555. The molecule has 0 bridgehead atoms. The summed E-state index contributed by atoms with van der Waals surface area (Å²) in [5, 5.41) is 14.3. The van der Waals surface area contributed by atoms with Gasteiger partial charge in [-0.2, -0.15) is 0 Å². The Kier molecular flexibility index (Phi) is 6.35. The first-order valence-electron chi connectivity index (χ1n) is 5.86. The zero-order valence-corrected chi connectivity index (χ0v) is 13.1. The fraction of sp³-hybridized carbons (Fsp3) is 0.455. The summed E-state index contributed by atoms with van der Waals surface area (Å²) in [4.78, 5) is 11.6. The highest BCUT2D eigenvalue weighted by Crippen LogP contribution is 2.49. The van der Waals surface area contributed by atoms with Crippen molar-refractivity contribution in [3.63, 3.8) is 0 Å². The van der Waals surface area contributed by atoms with Crippen molar-refractivity contribution in [1.29, 1.82) is 0 Å². The number of oxime groups is 1. The van der Waals surface area contributed by atoms with E-state index in [1.165, 1.54) is 11.3 Å². The van der Waals surface area contributed by atoms with Crippen molar-refractivity contribution < 1.29 is 28.1 Å². The van der Waals surface area contributed by atoms with E-state index in [0.717, 1.165) is 5.56 Å². The molecule has 0 saturated carbocycles. The lowest BCUT2D eigenvalue weighted by Crippen LogP contribution is -2.13. The predicted molar refractivity (Wildman–Crippen MR) is 75.2 cm³/mol. The zero-order valence-electron chi connectivity index (χ0n) is 11.4. The van der Waals surface area contributed by atoms with E-state index in [1.807, 2.05) is 6.92 Å². The number of rotatable bonds is 8. The summed E-state index contributed by atoms with van der Waals surface area (Å²) in [7, 11) is -3.87. The van der Waals surface area contributed by atoms with E-state index >= 15 is 0 Å². The predicted octanol–water partition coefficient (Wildman–Crippen LogP) is 3.04. The van der Waals surface area contributed by atoms with E-state index in [2.05, 4.69) is 5.16 Å². The van der Waals surface area contributed by atoms with Crippen molar-refractivity contribution >= 4 is 30.8 Å². The lowest BCUT2D eigenvalue weighted by atomic mass is 10.2. The van der Waals surface area contributed by atoms with Gasteiger partial charge in [0, 0.05) is 0 Å². The normalized spacial score (nSPS) is 12.4. The number of phosphoric ester groups is 1. The molecule has 7 nitrogen and oxygen atoms in total. The van der Waals surface area contributed by atoms with Crippen molar-refractivity contribution in [3.8, 4) is 0 Å². The number of phosphoric acid groups is 1. The maximum Gasteiger partial charge on any atom is 0.550 e. The highest BCUT2D eigenvalue weighted by atomic mass is 32.1. The van der Waals surface area contributed by atoms with Crippen LogP contribution in [0.15, 0.2) is 16.6 Å². The molecule has 1 N–H and O–H groups in total. The van der Waals surface area contributed by atoms with Crippen LogP contribution in [0.25, 0.3) is 0 Å². The summed E-state index contributed by atoms with van der Waals surface area (Å²) < 4.78 is 26.4. The van der Waals surface area contributed by atoms with Crippen LogP contribution < -0.4 is 0 Å². The summed E-state index contributed by atoms with van der Waals surface area (Å²) in [6.07, 6.45) is 0. The van der Waals surface area contributed by atoms with Gasteiger partial charge in [0.15, 0.2) is 0 Å². The lowest BCUT2D eigenvalue weighted by Gasteiger charge is -2.13. The van der Waals surface area contributed by atoms with Gasteiger partial charge in [-0.15, -0.1) is 11.3 Å². The molecule has 0 spiro atoms. The summed E-state index contributed by atoms with van der Waals surface area (Å²) in [6, 6.07) is 1.65. The van der Waals surface area contributed by atoms with Gasteiger partial charge in [0.2, 0.25) is 5.71 Å². The van der Waals surface area contributed by atoms with E-state index in [9.17, 15) is 9.36 Å². The molecule has 1 aromatic heterocycles. The topological polar surface area (TPSA) is 94.4 Å². The zero-order chi connectivity index (χ0) is 15.2. The molecule has 1 rings (SSSR count). The van der Waals surface area contributed by atoms with Gasteiger partial charge in [-0.1, -0.05) is 5.16 Å². The molecule has 0 aliphatic heterocycles. The Morgan fingerprint density at radius 2 is 2.00 bits per heavy atom. The minimum Gasteiger partial charge on any atom is -0.476 e. The van der Waals surface area contributed by atoms with E-state index in [0.29, 0.717) is 4.88 Å². The van der Waals surface area contributed by atoms with Crippen LogP contribution in [0.3, 0.4) is 0 Å². The van der Waals surface area contributed by atoms with Crippen LogP contribution in [-0.2, 0) is 23.0 Å². The van der Waals surface area contributed by atoms with E-state index in [4.69, 9.17) is 18.8 Å². The molecule has 0 aliphatic carbocycles. The third-order valence-electron chi connectivity index (χ3n) is 1.97. The first-order valence-corrected chi connectivity index (χ1v) is 8.20. The number of hydrogen-bond acceptors (Lipinski definition) is 7. The van der Waals surface area contributed by atoms with Crippen LogP contribution in [0.5, 0.6) is 0 Å². The number of carbonyl (C=O) groups is 1. The molecule has 112 valence electrons. The Balaban J connectivity index is 2.97. The average Bonchev–Trinajstić information content (AvgIpc) is 2.76. The molecule has 1 heterocycles. The Morgan fingerprint density at radius 1 is 1.40 bits per heavy atom. The minimum absolute atomic E-state index is 0.0906. The summed E-state index contributed by atoms with van der Waals surface area (Å²) in [5.74, 6) is -1.29. The van der Waals surface area contributed by atoms with Crippen molar-refractivity contribution in [2.75, 3.05) is 13.2 Å². The number of hydrogen-bond donors (Lipinski definition) is 1. The quantitative estimate of drug-likeness (QED) is 0.449. The fourth-order valence-electron chi connectivity index (χ4n) is 1.24. The molecule has 0 radical (unpaired) electrons. The molecular weight excluding hydrogens is 305 g/mol. The largest absolute Gasteiger partial charge is 0.550 e. The number of aryl methyl sites for hydroxylation is 1. The number of nitrogens with zero attached hydrogens (tertiary/aromatic N) is 1. The molecule has 0 fully saturated rings. The SMILES string of the molecule is CCOP(=O)(OCC)ON=C(C(=O)O)c1cc(C)cs1. The van der Waals surface area contributed by atoms with Gasteiger partial charge in [-0.25, -0.2) is 9.36 Å². The number of aliphatic carboxylic acids is 1. The molecule has 0 atom stereocenters. The van der Waals surface area contributed by atoms with Crippen LogP contribution in [0.4, 0.5) is 0 Å². The van der Waals surface area contributed by atoms with Gasteiger partial charge < -0.3 is 5.11 Å². The third kappa shape index (κ3) is 4.72. The molecule has 0 unspecified atom stereocenters. The van der Waals surface area contributed by atoms with E-state index in [-0.39, 0.29) is 18.9 Å². The van der Waals surface area contributed by atoms with Crippen LogP contribution in [-0.4, -0.2) is 30.0 Å². The van der Waals surface area contributed by atoms with Gasteiger partial charge in [-0.05, 0) is 37.8 Å². The Hall–Kier alpha value is -1.21. The maximum atomic E-state index is 12.0. The summed E-state index contributed by atoms with van der Waals surface area (Å²) in [6.45, 7) is 5.23. The highest BCUT2D eigenvalue weighted by Gasteiger charge is 2.28. The van der Waals surface area contributed by atoms with Crippen molar-refractivity contribution in [2.45, 2.75) is 20.8 Å². The fourth-order valence-corrected chi connectivity index (χ4v) is 3.09. The molecule has 0 saturated heterocycles. The van der Waals surface area contributed by atoms with Gasteiger partial charge >= 0.3 is 13.8 Å². The van der Waals surface area contributed by atoms with E-state index in [1.54, 1.807) is 25.3 Å². The average molecular weight is 321 g/mol. The molecule has 1 aromatic rings. The van der Waals surface area contributed by atoms with Crippen LogP contribution in [0.1, 0.15) is 24.3 Å². The van der Waals surface area contributed by atoms with Crippen LogP contribution >= 0.6 is 19.2 Å². The second-order valence-electron chi connectivity index (χ2n) is 3.60. The first kappa shape index (κ1) is 16.8. The third-order valence-corrected chi connectivity index (χ3v) is 4.46. The Labute approximate surface area is 120 Å². The highest BCUT2D eigenvalue weighted by molar-refractivity contribution is 7.48. The molecule has 0 aliphatic rings. The van der Waals surface area contributed by atoms with Gasteiger partial charge in [0.25, 0.3) is 0 Å². The Bertz CT molecular complexity index is 531.